The fourth-order valence-corrected chi connectivity index (χ4v) is 3.16. The summed E-state index contributed by atoms with van der Waals surface area (Å²) in [7, 11) is 1.78. The van der Waals surface area contributed by atoms with E-state index in [4.69, 9.17) is 4.74 Å². The lowest BCUT2D eigenvalue weighted by Crippen LogP contribution is -2.39. The van der Waals surface area contributed by atoms with Crippen LogP contribution in [0.5, 0.6) is 0 Å². The third-order valence-corrected chi connectivity index (χ3v) is 4.42. The molecule has 0 aromatic heterocycles. The topological polar surface area (TPSA) is 21.3 Å². The molecule has 0 radical (unpaired) electrons. The molecule has 1 aromatic rings. The lowest BCUT2D eigenvalue weighted by molar-refractivity contribution is 0.154. The fourth-order valence-electron chi connectivity index (χ4n) is 3.16. The first-order valence-electron chi connectivity index (χ1n) is 7.43. The molecule has 2 heteroatoms. The van der Waals surface area contributed by atoms with Gasteiger partial charge in [0.25, 0.3) is 0 Å². The van der Waals surface area contributed by atoms with Crippen molar-refractivity contribution < 1.29 is 4.74 Å². The van der Waals surface area contributed by atoms with Crippen molar-refractivity contribution in [3.05, 3.63) is 35.4 Å². The van der Waals surface area contributed by atoms with Crippen LogP contribution >= 0.6 is 0 Å². The van der Waals surface area contributed by atoms with E-state index in [0.717, 1.165) is 13.0 Å². The van der Waals surface area contributed by atoms with Gasteiger partial charge in [-0.05, 0) is 35.8 Å². The number of benzene rings is 1. The van der Waals surface area contributed by atoms with Gasteiger partial charge in [0.05, 0.1) is 6.61 Å². The second kappa shape index (κ2) is 6.06. The first kappa shape index (κ1) is 14.5. The molecule has 1 aliphatic rings. The van der Waals surface area contributed by atoms with Gasteiger partial charge in [0.15, 0.2) is 0 Å². The van der Waals surface area contributed by atoms with Gasteiger partial charge in [-0.15, -0.1) is 0 Å². The highest BCUT2D eigenvalue weighted by molar-refractivity contribution is 5.38. The summed E-state index contributed by atoms with van der Waals surface area (Å²) in [4.78, 5) is 0. The number of methoxy groups -OCH3 is 1. The van der Waals surface area contributed by atoms with Crippen molar-refractivity contribution in [1.29, 1.82) is 0 Å². The highest BCUT2D eigenvalue weighted by atomic mass is 16.5. The molecule has 0 saturated heterocycles. The normalized spacial score (nSPS) is 22.8. The van der Waals surface area contributed by atoms with Crippen LogP contribution in [0.25, 0.3) is 0 Å². The third-order valence-electron chi connectivity index (χ3n) is 4.42. The van der Waals surface area contributed by atoms with Crippen LogP contribution in [0.3, 0.4) is 0 Å². The second-order valence-electron chi connectivity index (χ2n) is 6.29. The molecule has 19 heavy (non-hydrogen) atoms. The van der Waals surface area contributed by atoms with Crippen molar-refractivity contribution in [3.63, 3.8) is 0 Å². The van der Waals surface area contributed by atoms with Gasteiger partial charge >= 0.3 is 0 Å². The zero-order valence-electron chi connectivity index (χ0n) is 12.7. The molecule has 106 valence electrons. The Morgan fingerprint density at radius 3 is 2.79 bits per heavy atom. The van der Waals surface area contributed by atoms with E-state index in [2.05, 4.69) is 50.4 Å². The van der Waals surface area contributed by atoms with Gasteiger partial charge in [-0.2, -0.15) is 0 Å². The van der Waals surface area contributed by atoms with Gasteiger partial charge in [0.2, 0.25) is 0 Å². The van der Waals surface area contributed by atoms with E-state index in [1.807, 2.05) is 0 Å². The largest absolute Gasteiger partial charge is 0.383 e. The number of fused-ring (bicyclic) bond motifs is 1. The molecule has 0 amide bonds. The molecular weight excluding hydrogens is 234 g/mol. The predicted molar refractivity (Wildman–Crippen MR) is 80.5 cm³/mol. The van der Waals surface area contributed by atoms with Gasteiger partial charge in [-0.25, -0.2) is 0 Å². The van der Waals surface area contributed by atoms with Gasteiger partial charge < -0.3 is 10.1 Å². The Morgan fingerprint density at radius 1 is 1.37 bits per heavy atom. The highest BCUT2D eigenvalue weighted by Gasteiger charge is 2.32. The maximum atomic E-state index is 5.30. The smallest absolute Gasteiger partial charge is 0.0615 e. The molecule has 2 rings (SSSR count). The van der Waals surface area contributed by atoms with Gasteiger partial charge in [0.1, 0.15) is 0 Å². The number of ether oxygens (including phenoxy) is 1. The minimum absolute atomic E-state index is 0.303. The summed E-state index contributed by atoms with van der Waals surface area (Å²) in [6.07, 6.45) is 3.56. The lowest BCUT2D eigenvalue weighted by atomic mass is 9.71. The van der Waals surface area contributed by atoms with Crippen molar-refractivity contribution in [1.82, 2.24) is 5.32 Å². The van der Waals surface area contributed by atoms with Gasteiger partial charge in [0, 0.05) is 19.2 Å². The summed E-state index contributed by atoms with van der Waals surface area (Å²) < 4.78 is 5.30. The monoisotopic (exact) mass is 261 g/mol. The van der Waals surface area contributed by atoms with Crippen LogP contribution in [-0.2, 0) is 10.2 Å². The summed E-state index contributed by atoms with van der Waals surface area (Å²) in [5.41, 5.74) is 3.29. The van der Waals surface area contributed by atoms with E-state index >= 15 is 0 Å². The van der Waals surface area contributed by atoms with Gasteiger partial charge in [-0.3, -0.25) is 0 Å². The number of rotatable bonds is 5. The van der Waals surface area contributed by atoms with E-state index in [-0.39, 0.29) is 0 Å². The van der Waals surface area contributed by atoms with Crippen molar-refractivity contribution >= 4 is 0 Å². The number of hydrogen-bond donors (Lipinski definition) is 1. The van der Waals surface area contributed by atoms with Crippen LogP contribution in [0.1, 0.15) is 57.2 Å². The van der Waals surface area contributed by atoms with Crippen molar-refractivity contribution in [2.45, 2.75) is 57.5 Å². The van der Waals surface area contributed by atoms with E-state index in [1.54, 1.807) is 7.11 Å². The zero-order chi connectivity index (χ0) is 13.9. The first-order valence-corrected chi connectivity index (χ1v) is 7.43. The lowest BCUT2D eigenvalue weighted by Gasteiger charge is -2.38. The van der Waals surface area contributed by atoms with E-state index < -0.39 is 0 Å². The molecular formula is C17H27NO. The Bertz CT molecular complexity index is 413. The molecule has 0 aliphatic heterocycles. The third kappa shape index (κ3) is 3.18. The minimum atomic E-state index is 0.303. The van der Waals surface area contributed by atoms with Crippen molar-refractivity contribution in [2.24, 2.45) is 0 Å². The Kier molecular flexibility index (Phi) is 4.64. The maximum absolute atomic E-state index is 5.30. The standard InChI is InChI=1S/C17H27NO/c1-5-13(12-19-4)18-16-10-11-17(2,3)15-9-7-6-8-14(15)16/h6-9,13,16,18H,5,10-12H2,1-4H3. The maximum Gasteiger partial charge on any atom is 0.0615 e. The Labute approximate surface area is 117 Å². The summed E-state index contributed by atoms with van der Waals surface area (Å²) >= 11 is 0. The predicted octanol–water partition coefficient (Wildman–Crippen LogP) is 3.81. The molecule has 2 nitrogen and oxygen atoms in total. The average molecular weight is 261 g/mol. The molecule has 2 atom stereocenters. The first-order chi connectivity index (χ1) is 9.08. The highest BCUT2D eigenvalue weighted by Crippen LogP contribution is 2.41. The summed E-state index contributed by atoms with van der Waals surface area (Å²) in [6, 6.07) is 9.82. The van der Waals surface area contributed by atoms with Crippen LogP contribution < -0.4 is 5.32 Å². The molecule has 0 spiro atoms. The van der Waals surface area contributed by atoms with E-state index in [0.29, 0.717) is 17.5 Å². The van der Waals surface area contributed by atoms with E-state index in [9.17, 15) is 0 Å². The molecule has 1 aliphatic carbocycles. The molecule has 0 fully saturated rings. The number of hydrogen-bond acceptors (Lipinski definition) is 2. The Hall–Kier alpha value is -0.860. The fraction of sp³-hybridized carbons (Fsp3) is 0.647. The SMILES string of the molecule is CCC(COC)NC1CCC(C)(C)c2ccccc21. The molecule has 1 aromatic carbocycles. The van der Waals surface area contributed by atoms with Crippen LogP contribution in [0.15, 0.2) is 24.3 Å². The quantitative estimate of drug-likeness (QED) is 0.870. The summed E-state index contributed by atoms with van der Waals surface area (Å²) in [5.74, 6) is 0. The van der Waals surface area contributed by atoms with Crippen LogP contribution in [0.2, 0.25) is 0 Å². The van der Waals surface area contributed by atoms with Crippen LogP contribution in [0.4, 0.5) is 0 Å². The van der Waals surface area contributed by atoms with Crippen molar-refractivity contribution in [2.75, 3.05) is 13.7 Å². The minimum Gasteiger partial charge on any atom is -0.383 e. The number of nitrogens with one attached hydrogen (secondary N) is 1. The molecule has 0 bridgehead atoms. The Morgan fingerprint density at radius 2 is 2.11 bits per heavy atom. The average Bonchev–Trinajstić information content (AvgIpc) is 2.41. The van der Waals surface area contributed by atoms with E-state index in [1.165, 1.54) is 24.0 Å². The summed E-state index contributed by atoms with van der Waals surface area (Å²) in [5, 5.41) is 3.78. The molecule has 2 unspecified atom stereocenters. The summed E-state index contributed by atoms with van der Waals surface area (Å²) in [6.45, 7) is 7.72. The zero-order valence-corrected chi connectivity index (χ0v) is 12.7. The van der Waals surface area contributed by atoms with Gasteiger partial charge in [-0.1, -0.05) is 45.0 Å². The van der Waals surface area contributed by atoms with Crippen LogP contribution in [-0.4, -0.2) is 19.8 Å². The molecule has 1 N–H and O–H groups in total. The second-order valence-corrected chi connectivity index (χ2v) is 6.29. The molecule has 0 heterocycles. The van der Waals surface area contributed by atoms with Crippen LogP contribution in [0, 0.1) is 0 Å². The Balaban J connectivity index is 2.20. The molecule has 0 saturated carbocycles. The van der Waals surface area contributed by atoms with Crippen molar-refractivity contribution in [3.8, 4) is 0 Å².